The van der Waals surface area contributed by atoms with Crippen LogP contribution in [0.1, 0.15) is 54.1 Å². The number of thiazole rings is 1. The van der Waals surface area contributed by atoms with Crippen molar-refractivity contribution in [1.82, 2.24) is 24.1 Å². The molecule has 2 amide bonds. The Morgan fingerprint density at radius 3 is 2.44 bits per heavy atom. The maximum atomic E-state index is 13.7. The first-order valence-electron chi connectivity index (χ1n) is 14.8. The van der Waals surface area contributed by atoms with Gasteiger partial charge in [-0.05, 0) is 49.2 Å². The highest BCUT2D eigenvalue weighted by molar-refractivity contribution is 7.89. The average molecular weight is 629 g/mol. The molecule has 0 unspecified atom stereocenters. The largest absolute Gasteiger partial charge is 0.383 e. The Hall–Kier alpha value is -2.97. The van der Waals surface area contributed by atoms with Crippen molar-refractivity contribution >= 4 is 48.7 Å². The molecule has 1 saturated heterocycles. The Kier molecular flexibility index (Phi) is 10.1. The van der Waals surface area contributed by atoms with E-state index in [1.54, 1.807) is 55.5 Å². The molecule has 0 bridgehead atoms. The molecule has 2 aliphatic rings. The van der Waals surface area contributed by atoms with Gasteiger partial charge in [-0.3, -0.25) is 9.59 Å². The second kappa shape index (κ2) is 13.8. The van der Waals surface area contributed by atoms with Gasteiger partial charge in [-0.2, -0.15) is 4.31 Å². The number of piperazine rings is 1. The van der Waals surface area contributed by atoms with Gasteiger partial charge in [-0.15, -0.1) is 0 Å². The lowest BCUT2D eigenvalue weighted by Gasteiger charge is -2.31. The lowest BCUT2D eigenvalue weighted by molar-refractivity contribution is -0.118. The zero-order valence-corrected chi connectivity index (χ0v) is 26.6. The van der Waals surface area contributed by atoms with E-state index in [0.717, 1.165) is 31.2 Å². The molecule has 5 rings (SSSR count). The monoisotopic (exact) mass is 628 g/mol. The van der Waals surface area contributed by atoms with E-state index in [1.807, 2.05) is 7.05 Å². The highest BCUT2D eigenvalue weighted by atomic mass is 32.2. The molecule has 3 heterocycles. The summed E-state index contributed by atoms with van der Waals surface area (Å²) in [5, 5.41) is 3.40. The lowest BCUT2D eigenvalue weighted by Crippen LogP contribution is -2.47. The molecule has 13 heteroatoms. The number of methoxy groups -OCH3 is 1. The maximum Gasteiger partial charge on any atom is 0.272 e. The van der Waals surface area contributed by atoms with Crippen LogP contribution < -0.4 is 5.32 Å². The fourth-order valence-electron chi connectivity index (χ4n) is 5.73. The summed E-state index contributed by atoms with van der Waals surface area (Å²) < 4.78 is 33.1. The Morgan fingerprint density at radius 2 is 1.77 bits per heavy atom. The number of carbonyl (C=O) groups is 2. The van der Waals surface area contributed by atoms with E-state index in [9.17, 15) is 18.0 Å². The standard InChI is InChI=1S/C30H40N6O5S2/c1-34-14-16-36(17-15-34)43(39,40)23-10-8-22(9-11-23)24(20-21-6-4-5-7-21)27(37)33-30-32-25-12-13-26(31-28(25)42-30)29(38)35(2)18-19-41-3/h8-13,21,24H,4-7,14-20H2,1-3H3,(H,32,33,37)/t24-/m0/s1. The Morgan fingerprint density at radius 1 is 1.07 bits per heavy atom. The van der Waals surface area contributed by atoms with Crippen LogP contribution in [0.3, 0.4) is 0 Å². The normalized spacial score (nSPS) is 17.7. The number of rotatable bonds is 11. The predicted octanol–water partition coefficient (Wildman–Crippen LogP) is 3.65. The molecule has 0 spiro atoms. The first-order valence-corrected chi connectivity index (χ1v) is 17.0. The van der Waals surface area contributed by atoms with E-state index < -0.39 is 15.9 Å². The topological polar surface area (TPSA) is 125 Å². The predicted molar refractivity (Wildman–Crippen MR) is 167 cm³/mol. The third-order valence-corrected chi connectivity index (χ3v) is 11.2. The zero-order chi connectivity index (χ0) is 30.6. The summed E-state index contributed by atoms with van der Waals surface area (Å²) in [6, 6.07) is 10.2. The fraction of sp³-hybridized carbons (Fsp3) is 0.533. The molecule has 0 radical (unpaired) electrons. The number of fused-ring (bicyclic) bond motifs is 1. The lowest BCUT2D eigenvalue weighted by atomic mass is 9.87. The summed E-state index contributed by atoms with van der Waals surface area (Å²) in [6.45, 7) is 3.20. The van der Waals surface area contributed by atoms with Crippen molar-refractivity contribution in [3.8, 4) is 0 Å². The van der Waals surface area contributed by atoms with Gasteiger partial charge in [0, 0.05) is 46.9 Å². The van der Waals surface area contributed by atoms with E-state index in [4.69, 9.17) is 4.74 Å². The summed E-state index contributed by atoms with van der Waals surface area (Å²) in [5.41, 5.74) is 1.69. The van der Waals surface area contributed by atoms with Crippen molar-refractivity contribution in [2.45, 2.75) is 42.9 Å². The van der Waals surface area contributed by atoms with Crippen LogP contribution in [0.5, 0.6) is 0 Å². The molecule has 3 aromatic rings. The SMILES string of the molecule is COCCN(C)C(=O)c1ccc2nc(NC(=O)[C@@H](CC3CCCC3)c3ccc(S(=O)(=O)N4CCN(C)CC4)cc3)sc2n1. The van der Waals surface area contributed by atoms with Gasteiger partial charge in [0.25, 0.3) is 5.91 Å². The Labute approximate surface area is 257 Å². The minimum Gasteiger partial charge on any atom is -0.383 e. The molecule has 1 atom stereocenters. The van der Waals surface area contributed by atoms with E-state index in [-0.39, 0.29) is 16.7 Å². The summed E-state index contributed by atoms with van der Waals surface area (Å²) in [7, 11) is 1.68. The van der Waals surface area contributed by atoms with Gasteiger partial charge >= 0.3 is 0 Å². The summed E-state index contributed by atoms with van der Waals surface area (Å²) >= 11 is 1.23. The highest BCUT2D eigenvalue weighted by Crippen LogP contribution is 2.36. The third kappa shape index (κ3) is 7.40. The van der Waals surface area contributed by atoms with Crippen LogP contribution in [0.2, 0.25) is 0 Å². The maximum absolute atomic E-state index is 13.7. The van der Waals surface area contributed by atoms with E-state index in [1.165, 1.54) is 15.6 Å². The van der Waals surface area contributed by atoms with Crippen LogP contribution in [0.25, 0.3) is 10.3 Å². The molecule has 232 valence electrons. The Bertz CT molecular complexity index is 1530. The molecule has 11 nitrogen and oxygen atoms in total. The molecular formula is C30H40N6O5S2. The van der Waals surface area contributed by atoms with Gasteiger partial charge in [0.2, 0.25) is 15.9 Å². The van der Waals surface area contributed by atoms with Crippen LogP contribution in [-0.4, -0.2) is 105 Å². The van der Waals surface area contributed by atoms with Crippen LogP contribution in [-0.2, 0) is 19.6 Å². The number of amides is 2. The highest BCUT2D eigenvalue weighted by Gasteiger charge is 2.30. The van der Waals surface area contributed by atoms with Crippen molar-refractivity contribution in [3.05, 3.63) is 47.7 Å². The van der Waals surface area contributed by atoms with Gasteiger partial charge in [0.1, 0.15) is 16.0 Å². The molecule has 1 N–H and O–H groups in total. The molecule has 2 fully saturated rings. The molecule has 2 aromatic heterocycles. The van der Waals surface area contributed by atoms with Gasteiger partial charge < -0.3 is 19.9 Å². The van der Waals surface area contributed by atoms with Crippen LogP contribution >= 0.6 is 11.3 Å². The number of carbonyl (C=O) groups excluding carboxylic acids is 2. The summed E-state index contributed by atoms with van der Waals surface area (Å²) in [6.07, 6.45) is 5.17. The second-order valence-electron chi connectivity index (χ2n) is 11.5. The van der Waals surface area contributed by atoms with Crippen LogP contribution in [0.15, 0.2) is 41.3 Å². The second-order valence-corrected chi connectivity index (χ2v) is 14.4. The molecule has 1 aromatic carbocycles. The third-order valence-electron chi connectivity index (χ3n) is 8.43. The smallest absolute Gasteiger partial charge is 0.272 e. The van der Waals surface area contributed by atoms with Gasteiger partial charge in [0.05, 0.1) is 17.4 Å². The summed E-state index contributed by atoms with van der Waals surface area (Å²) in [4.78, 5) is 40.0. The molecule has 1 saturated carbocycles. The first kappa shape index (κ1) is 31.5. The number of anilines is 1. The quantitative estimate of drug-likeness (QED) is 0.341. The van der Waals surface area contributed by atoms with Crippen molar-refractivity contribution in [1.29, 1.82) is 0 Å². The number of hydrogen-bond donors (Lipinski definition) is 1. The number of pyridine rings is 1. The van der Waals surface area contributed by atoms with Crippen molar-refractivity contribution in [3.63, 3.8) is 0 Å². The van der Waals surface area contributed by atoms with Crippen molar-refractivity contribution < 1.29 is 22.7 Å². The first-order chi connectivity index (χ1) is 20.7. The minimum absolute atomic E-state index is 0.184. The number of likely N-dealkylation sites (N-methyl/N-ethyl adjacent to an activating group) is 2. The zero-order valence-electron chi connectivity index (χ0n) is 25.0. The number of sulfonamides is 1. The minimum atomic E-state index is -3.60. The molecule has 43 heavy (non-hydrogen) atoms. The number of hydrogen-bond acceptors (Lipinski definition) is 9. The number of nitrogens with one attached hydrogen (secondary N) is 1. The van der Waals surface area contributed by atoms with Crippen molar-refractivity contribution in [2.24, 2.45) is 5.92 Å². The molecule has 1 aliphatic carbocycles. The van der Waals surface area contributed by atoms with E-state index >= 15 is 0 Å². The van der Waals surface area contributed by atoms with Crippen molar-refractivity contribution in [2.75, 3.05) is 65.9 Å². The average Bonchev–Trinajstić information content (AvgIpc) is 3.67. The number of benzene rings is 1. The number of ether oxygens (including phenoxy) is 1. The van der Waals surface area contributed by atoms with Crippen LogP contribution in [0.4, 0.5) is 5.13 Å². The summed E-state index contributed by atoms with van der Waals surface area (Å²) in [5.74, 6) is -0.413. The van der Waals surface area contributed by atoms with Crippen LogP contribution in [0, 0.1) is 5.92 Å². The fourth-order valence-corrected chi connectivity index (χ4v) is 7.99. The van der Waals surface area contributed by atoms with Gasteiger partial charge in [-0.25, -0.2) is 18.4 Å². The molecule has 1 aliphatic heterocycles. The number of aromatic nitrogens is 2. The van der Waals surface area contributed by atoms with E-state index in [2.05, 4.69) is 20.2 Å². The van der Waals surface area contributed by atoms with Gasteiger partial charge in [0.15, 0.2) is 5.13 Å². The molecular weight excluding hydrogens is 589 g/mol. The van der Waals surface area contributed by atoms with E-state index in [0.29, 0.717) is 72.8 Å². The van der Waals surface area contributed by atoms with Gasteiger partial charge in [-0.1, -0.05) is 49.2 Å². The number of nitrogens with zero attached hydrogens (tertiary/aromatic N) is 5. The Balaban J connectivity index is 1.33.